The van der Waals surface area contributed by atoms with Gasteiger partial charge in [0, 0.05) is 0 Å². The summed E-state index contributed by atoms with van der Waals surface area (Å²) in [5.74, 6) is -1.16. The topological polar surface area (TPSA) is 281 Å². The molecule has 18 nitrogen and oxygen atoms in total. The highest BCUT2D eigenvalue weighted by molar-refractivity contribution is 5.77. The molecule has 8 aliphatic rings. The average Bonchev–Trinajstić information content (AvgIpc) is 3.25. The van der Waals surface area contributed by atoms with Crippen LogP contribution < -0.4 is 0 Å². The van der Waals surface area contributed by atoms with Crippen molar-refractivity contribution in [1.82, 2.24) is 0 Å². The SMILES string of the molecule is COC(=O)[C@H]1O[C@@H](O[C@H]2CC[C@]3(C)[C@H]4CC=C5[C@@H]6CC(C)(C)CC[C@]6(C(=O)O)CC[C@@]5(C)[C@]4(C)CC[C@H]3C2(C)C)[C@H](O)[C@@H](O[C@@H]2O[C@H](CO[C@@H]3OC[C@@H](O)[C@H](O)[C@H]3O)[C@@H](O)[C@H](O)[C@H]2O)[C@@H]1O. The van der Waals surface area contributed by atoms with E-state index in [4.69, 9.17) is 33.2 Å². The van der Waals surface area contributed by atoms with Crippen molar-refractivity contribution in [2.75, 3.05) is 20.3 Å². The molecule has 4 saturated carbocycles. The number of aliphatic carboxylic acids is 1. The first-order valence-corrected chi connectivity index (χ1v) is 24.1. The number of hydrogen-bond donors (Lipinski definition) is 9. The Kier molecular flexibility index (Phi) is 13.6. The molecule has 0 bridgehead atoms. The van der Waals surface area contributed by atoms with Crippen molar-refractivity contribution < 1.29 is 88.7 Å². The maximum absolute atomic E-state index is 13.1. The van der Waals surface area contributed by atoms with Crippen LogP contribution in [0.5, 0.6) is 0 Å². The van der Waals surface area contributed by atoms with Crippen LogP contribution in [0.4, 0.5) is 0 Å². The van der Waals surface area contributed by atoms with Gasteiger partial charge < -0.3 is 79.1 Å². The van der Waals surface area contributed by atoms with Gasteiger partial charge in [-0.25, -0.2) is 4.79 Å². The van der Waals surface area contributed by atoms with Crippen molar-refractivity contribution in [1.29, 1.82) is 0 Å². The zero-order chi connectivity index (χ0) is 48.3. The minimum atomic E-state index is -1.93. The van der Waals surface area contributed by atoms with E-state index in [1.807, 2.05) is 0 Å². The number of hydrogen-bond acceptors (Lipinski definition) is 17. The van der Waals surface area contributed by atoms with Crippen molar-refractivity contribution in [3.05, 3.63) is 11.6 Å². The number of ether oxygens (including phenoxy) is 7. The highest BCUT2D eigenvalue weighted by Gasteiger charge is 2.70. The van der Waals surface area contributed by atoms with Gasteiger partial charge in [-0.3, -0.25) is 4.79 Å². The first-order chi connectivity index (χ1) is 30.8. The number of carboxylic acid groups (broad SMARTS) is 1. The number of allylic oxidation sites excluding steroid dienone is 2. The Morgan fingerprint density at radius 2 is 1.38 bits per heavy atom. The van der Waals surface area contributed by atoms with E-state index in [0.29, 0.717) is 25.2 Å². The minimum absolute atomic E-state index is 0.00672. The summed E-state index contributed by atoms with van der Waals surface area (Å²) in [7, 11) is 1.11. The third-order valence-electron chi connectivity index (χ3n) is 19.1. The monoisotopic (exact) mass is 941 g/mol. The molecule has 18 heteroatoms. The van der Waals surface area contributed by atoms with Crippen molar-refractivity contribution in [3.63, 3.8) is 0 Å². The fourth-order valence-electron chi connectivity index (χ4n) is 14.9. The van der Waals surface area contributed by atoms with Crippen LogP contribution in [-0.4, -0.2) is 170 Å². The molecule has 0 aromatic heterocycles. The lowest BCUT2D eigenvalue weighted by molar-refractivity contribution is -0.369. The Bertz CT molecular complexity index is 1840. The molecule has 3 aliphatic heterocycles. The Hall–Kier alpha value is -1.88. The molecule has 0 spiro atoms. The number of methoxy groups -OCH3 is 1. The smallest absolute Gasteiger partial charge is 0.337 e. The largest absolute Gasteiger partial charge is 0.481 e. The molecule has 8 rings (SSSR count). The van der Waals surface area contributed by atoms with Crippen LogP contribution >= 0.6 is 0 Å². The maximum atomic E-state index is 13.1. The van der Waals surface area contributed by atoms with Gasteiger partial charge in [-0.15, -0.1) is 0 Å². The lowest BCUT2D eigenvalue weighted by atomic mass is 9.33. The van der Waals surface area contributed by atoms with E-state index in [-0.39, 0.29) is 40.1 Å². The van der Waals surface area contributed by atoms with E-state index >= 15 is 0 Å². The summed E-state index contributed by atoms with van der Waals surface area (Å²) >= 11 is 0. The molecule has 22 atom stereocenters. The van der Waals surface area contributed by atoms with E-state index in [1.165, 1.54) is 5.57 Å². The van der Waals surface area contributed by atoms with Gasteiger partial charge in [-0.05, 0) is 109 Å². The molecule has 0 unspecified atom stereocenters. The van der Waals surface area contributed by atoms with Gasteiger partial charge >= 0.3 is 11.9 Å². The number of carboxylic acids is 1. The molecule has 66 heavy (non-hydrogen) atoms. The van der Waals surface area contributed by atoms with E-state index in [1.54, 1.807) is 0 Å². The average molecular weight is 941 g/mol. The summed E-state index contributed by atoms with van der Waals surface area (Å²) in [5.41, 5.74) is -0.150. The van der Waals surface area contributed by atoms with Crippen molar-refractivity contribution in [3.8, 4) is 0 Å². The molecular formula is C48H76O18. The standard InChI is InChI=1S/C48H76O18/c1-43(2)15-17-48(42(58)59)18-16-46(6)22(23(48)19-43)9-10-27-45(5)13-12-28(44(3,4)26(45)11-14-47(27,46)7)64-41-35(56)36(34(55)37(66-41)38(57)60-8)65-40-33(54)31(52)30(51)25(63-40)21-62-39-32(53)29(50)24(49)20-61-39/h9,23-37,39-41,49-56H,10-21H2,1-8H3,(H,58,59)/t23-,24+,25+,26-,27+,28-,29-,30+,31-,32+,33+,34-,35+,36-,37-,39-,40-,41+,45-,46+,47+,48-/m0/s1. The quantitative estimate of drug-likeness (QED) is 0.0900. The van der Waals surface area contributed by atoms with E-state index in [0.717, 1.165) is 52.1 Å². The van der Waals surface area contributed by atoms with E-state index in [9.17, 15) is 55.5 Å². The van der Waals surface area contributed by atoms with Crippen LogP contribution in [0.3, 0.4) is 0 Å². The number of carbonyl (C=O) groups is 2. The molecule has 0 radical (unpaired) electrons. The molecule has 3 heterocycles. The lowest BCUT2D eigenvalue weighted by Gasteiger charge is -2.71. The fourth-order valence-corrected chi connectivity index (χ4v) is 14.9. The Labute approximate surface area is 386 Å². The number of carbonyl (C=O) groups excluding carboxylic acids is 1. The molecule has 3 saturated heterocycles. The molecule has 9 N–H and O–H groups in total. The molecule has 0 amide bonds. The van der Waals surface area contributed by atoms with E-state index in [2.05, 4.69) is 54.5 Å². The van der Waals surface area contributed by atoms with Crippen LogP contribution in [0.25, 0.3) is 0 Å². The fraction of sp³-hybridized carbons (Fsp3) is 0.917. The van der Waals surface area contributed by atoms with Gasteiger partial charge in [-0.2, -0.15) is 0 Å². The van der Waals surface area contributed by atoms with E-state index < -0.39 is 121 Å². The molecule has 5 aliphatic carbocycles. The zero-order valence-corrected chi connectivity index (χ0v) is 39.7. The summed E-state index contributed by atoms with van der Waals surface area (Å²) in [6.45, 7) is 15.2. The summed E-state index contributed by atoms with van der Waals surface area (Å²) in [4.78, 5) is 26.2. The van der Waals surface area contributed by atoms with Crippen molar-refractivity contribution in [2.24, 2.45) is 50.2 Å². The Balaban J connectivity index is 0.996. The number of aliphatic hydroxyl groups excluding tert-OH is 8. The molecule has 0 aromatic carbocycles. The van der Waals surface area contributed by atoms with Crippen molar-refractivity contribution >= 4 is 11.9 Å². The second kappa shape index (κ2) is 17.8. The molecular weight excluding hydrogens is 865 g/mol. The summed E-state index contributed by atoms with van der Waals surface area (Å²) in [5, 5.41) is 97.0. The van der Waals surface area contributed by atoms with Crippen LogP contribution in [0, 0.1) is 50.2 Å². The van der Waals surface area contributed by atoms with Crippen molar-refractivity contribution in [2.45, 2.75) is 205 Å². The van der Waals surface area contributed by atoms with Gasteiger partial charge in [0.05, 0.1) is 31.8 Å². The summed E-state index contributed by atoms with van der Waals surface area (Å²) in [6, 6.07) is 0. The van der Waals surface area contributed by atoms with Gasteiger partial charge in [0.2, 0.25) is 0 Å². The Morgan fingerprint density at radius 1 is 0.712 bits per heavy atom. The second-order valence-corrected chi connectivity index (χ2v) is 23.3. The lowest BCUT2D eigenvalue weighted by Crippen LogP contribution is -2.67. The van der Waals surface area contributed by atoms with Gasteiger partial charge in [0.25, 0.3) is 0 Å². The number of rotatable bonds is 9. The third-order valence-corrected chi connectivity index (χ3v) is 19.1. The summed E-state index contributed by atoms with van der Waals surface area (Å²) in [6.07, 6.45) is -13.5. The second-order valence-electron chi connectivity index (χ2n) is 23.3. The van der Waals surface area contributed by atoms with Gasteiger partial charge in [0.1, 0.15) is 61.0 Å². The first kappa shape index (κ1) is 50.5. The first-order valence-electron chi connectivity index (χ1n) is 24.1. The number of esters is 1. The molecule has 7 fully saturated rings. The third kappa shape index (κ3) is 7.92. The highest BCUT2D eigenvalue weighted by Crippen LogP contribution is 2.76. The van der Waals surface area contributed by atoms with Crippen LogP contribution in [0.15, 0.2) is 11.6 Å². The van der Waals surface area contributed by atoms with Gasteiger partial charge in [0.15, 0.2) is 25.0 Å². The highest BCUT2D eigenvalue weighted by atomic mass is 16.8. The Morgan fingerprint density at radius 3 is 2.06 bits per heavy atom. The maximum Gasteiger partial charge on any atom is 0.337 e. The van der Waals surface area contributed by atoms with Crippen LogP contribution in [-0.2, 0) is 42.7 Å². The summed E-state index contributed by atoms with van der Waals surface area (Å²) < 4.78 is 40.2. The molecule has 0 aromatic rings. The zero-order valence-electron chi connectivity index (χ0n) is 39.7. The van der Waals surface area contributed by atoms with Crippen LogP contribution in [0.2, 0.25) is 0 Å². The number of fused-ring (bicyclic) bond motifs is 7. The molecule has 376 valence electrons. The predicted molar refractivity (Wildman–Crippen MR) is 230 cm³/mol. The predicted octanol–water partition coefficient (Wildman–Crippen LogP) is 1.53. The van der Waals surface area contributed by atoms with Gasteiger partial charge in [-0.1, -0.05) is 60.1 Å². The normalized spacial score (nSPS) is 52.1. The number of aliphatic hydroxyl groups is 8. The minimum Gasteiger partial charge on any atom is -0.481 e. The van der Waals surface area contributed by atoms with Crippen LogP contribution in [0.1, 0.15) is 113 Å².